The lowest BCUT2D eigenvalue weighted by Crippen LogP contribution is -2.27. The molecule has 3 N–H and O–H groups in total. The SMILES string of the molecule is COc1ccc2cc([C@H](C)C(=O)NCc3ccc(S(N)(=O)=O)cc3)ccc2c1. The first-order chi connectivity index (χ1) is 13.3. The van der Waals surface area contributed by atoms with Crippen LogP contribution in [0.4, 0.5) is 0 Å². The molecule has 0 heterocycles. The summed E-state index contributed by atoms with van der Waals surface area (Å²) >= 11 is 0. The third-order valence-electron chi connectivity index (χ3n) is 4.68. The highest BCUT2D eigenvalue weighted by molar-refractivity contribution is 7.89. The first-order valence-corrected chi connectivity index (χ1v) is 10.3. The number of rotatable bonds is 6. The lowest BCUT2D eigenvalue weighted by molar-refractivity contribution is -0.122. The van der Waals surface area contributed by atoms with E-state index < -0.39 is 10.0 Å². The molecule has 7 heteroatoms. The Labute approximate surface area is 164 Å². The van der Waals surface area contributed by atoms with Crippen LogP contribution in [0.15, 0.2) is 65.6 Å². The van der Waals surface area contributed by atoms with E-state index in [1.807, 2.05) is 43.3 Å². The van der Waals surface area contributed by atoms with E-state index in [2.05, 4.69) is 5.32 Å². The van der Waals surface area contributed by atoms with Gasteiger partial charge in [-0.3, -0.25) is 4.79 Å². The number of sulfonamides is 1. The van der Waals surface area contributed by atoms with Crippen molar-refractivity contribution in [1.82, 2.24) is 5.32 Å². The molecule has 3 rings (SSSR count). The fourth-order valence-electron chi connectivity index (χ4n) is 2.93. The number of nitrogens with two attached hydrogens (primary N) is 1. The minimum Gasteiger partial charge on any atom is -0.497 e. The van der Waals surface area contributed by atoms with E-state index >= 15 is 0 Å². The molecule has 0 aromatic heterocycles. The van der Waals surface area contributed by atoms with Crippen LogP contribution in [0.25, 0.3) is 10.8 Å². The van der Waals surface area contributed by atoms with Gasteiger partial charge >= 0.3 is 0 Å². The van der Waals surface area contributed by atoms with Gasteiger partial charge in [0, 0.05) is 6.54 Å². The number of fused-ring (bicyclic) bond motifs is 1. The van der Waals surface area contributed by atoms with Crippen molar-refractivity contribution in [1.29, 1.82) is 0 Å². The largest absolute Gasteiger partial charge is 0.497 e. The van der Waals surface area contributed by atoms with Gasteiger partial charge in [-0.05, 0) is 53.1 Å². The van der Waals surface area contributed by atoms with Gasteiger partial charge in [-0.25, -0.2) is 13.6 Å². The molecule has 1 atom stereocenters. The van der Waals surface area contributed by atoms with Gasteiger partial charge in [0.25, 0.3) is 0 Å². The second kappa shape index (κ2) is 8.00. The normalized spacial score (nSPS) is 12.5. The molecule has 0 unspecified atom stereocenters. The predicted octanol–water partition coefficient (Wildman–Crippen LogP) is 2.92. The first kappa shape index (κ1) is 19.9. The number of primary sulfonamides is 1. The lowest BCUT2D eigenvalue weighted by atomic mass is 9.97. The number of methoxy groups -OCH3 is 1. The summed E-state index contributed by atoms with van der Waals surface area (Å²) < 4.78 is 27.8. The highest BCUT2D eigenvalue weighted by atomic mass is 32.2. The Morgan fingerprint density at radius 2 is 1.68 bits per heavy atom. The summed E-state index contributed by atoms with van der Waals surface area (Å²) in [5.74, 6) is 0.359. The van der Waals surface area contributed by atoms with E-state index in [1.54, 1.807) is 19.2 Å². The maximum absolute atomic E-state index is 12.5. The van der Waals surface area contributed by atoms with Gasteiger partial charge in [0.1, 0.15) is 5.75 Å². The second-order valence-corrected chi connectivity index (χ2v) is 8.16. The molecule has 0 aliphatic rings. The standard InChI is InChI=1S/C21H22N2O4S/c1-14(16-5-6-18-12-19(27-2)8-7-17(18)11-16)21(24)23-13-15-3-9-20(10-4-15)28(22,25)26/h3-12,14H,13H2,1-2H3,(H,23,24)(H2,22,25,26)/t14-/m0/s1. The number of amides is 1. The van der Waals surface area contributed by atoms with Gasteiger partial charge in [-0.1, -0.05) is 36.4 Å². The molecule has 6 nitrogen and oxygen atoms in total. The maximum atomic E-state index is 12.5. The van der Waals surface area contributed by atoms with Gasteiger partial charge in [0.2, 0.25) is 15.9 Å². The molecule has 0 saturated heterocycles. The zero-order valence-corrected chi connectivity index (χ0v) is 16.5. The van der Waals surface area contributed by atoms with E-state index in [0.29, 0.717) is 6.54 Å². The van der Waals surface area contributed by atoms with Gasteiger partial charge in [-0.15, -0.1) is 0 Å². The second-order valence-electron chi connectivity index (χ2n) is 6.60. The number of carbonyl (C=O) groups excluding carboxylic acids is 1. The van der Waals surface area contributed by atoms with Crippen LogP contribution < -0.4 is 15.2 Å². The molecular formula is C21H22N2O4S. The van der Waals surface area contributed by atoms with E-state index in [0.717, 1.165) is 27.6 Å². The Morgan fingerprint density at radius 3 is 2.32 bits per heavy atom. The van der Waals surface area contributed by atoms with Crippen LogP contribution in [0.1, 0.15) is 24.0 Å². The van der Waals surface area contributed by atoms with Crippen molar-refractivity contribution in [2.45, 2.75) is 24.3 Å². The molecule has 0 aliphatic carbocycles. The smallest absolute Gasteiger partial charge is 0.238 e. The van der Waals surface area contributed by atoms with Crippen molar-refractivity contribution < 1.29 is 17.9 Å². The van der Waals surface area contributed by atoms with E-state index in [1.165, 1.54) is 12.1 Å². The van der Waals surface area contributed by atoms with Gasteiger partial charge in [0.05, 0.1) is 17.9 Å². The quantitative estimate of drug-likeness (QED) is 0.667. The number of ether oxygens (including phenoxy) is 1. The molecule has 0 aliphatic heterocycles. The summed E-state index contributed by atoms with van der Waals surface area (Å²) in [6, 6.07) is 17.8. The van der Waals surface area contributed by atoms with E-state index in [4.69, 9.17) is 9.88 Å². The molecule has 0 spiro atoms. The molecular weight excluding hydrogens is 376 g/mol. The third kappa shape index (κ3) is 4.49. The molecule has 3 aromatic carbocycles. The summed E-state index contributed by atoms with van der Waals surface area (Å²) in [4.78, 5) is 12.6. The molecule has 1 amide bonds. The summed E-state index contributed by atoms with van der Waals surface area (Å²) in [5, 5.41) is 10.1. The Kier molecular flexibility index (Phi) is 5.67. The Bertz CT molecular complexity index is 1110. The van der Waals surface area contributed by atoms with Crippen LogP contribution in [0.3, 0.4) is 0 Å². The summed E-state index contributed by atoms with van der Waals surface area (Å²) in [6.07, 6.45) is 0. The average Bonchev–Trinajstić information content (AvgIpc) is 2.70. The van der Waals surface area contributed by atoms with E-state index in [9.17, 15) is 13.2 Å². The Balaban J connectivity index is 1.68. The fraction of sp³-hybridized carbons (Fsp3) is 0.190. The van der Waals surface area contributed by atoms with Crippen LogP contribution in [-0.2, 0) is 21.4 Å². The van der Waals surface area contributed by atoms with Crippen molar-refractivity contribution in [3.63, 3.8) is 0 Å². The zero-order valence-electron chi connectivity index (χ0n) is 15.7. The Morgan fingerprint density at radius 1 is 1.04 bits per heavy atom. The zero-order chi connectivity index (χ0) is 20.3. The van der Waals surface area contributed by atoms with Crippen molar-refractivity contribution in [3.8, 4) is 5.75 Å². The van der Waals surface area contributed by atoms with Crippen molar-refractivity contribution in [2.75, 3.05) is 7.11 Å². The number of hydrogen-bond donors (Lipinski definition) is 2. The molecule has 0 radical (unpaired) electrons. The van der Waals surface area contributed by atoms with Crippen LogP contribution in [0.5, 0.6) is 5.75 Å². The number of carbonyl (C=O) groups is 1. The number of benzene rings is 3. The minimum absolute atomic E-state index is 0.0451. The summed E-state index contributed by atoms with van der Waals surface area (Å²) in [6.45, 7) is 2.16. The van der Waals surface area contributed by atoms with E-state index in [-0.39, 0.29) is 16.7 Å². The molecule has 0 fully saturated rings. The van der Waals surface area contributed by atoms with Crippen molar-refractivity contribution >= 4 is 26.7 Å². The highest BCUT2D eigenvalue weighted by Gasteiger charge is 2.15. The van der Waals surface area contributed by atoms with Crippen LogP contribution in [0.2, 0.25) is 0 Å². The van der Waals surface area contributed by atoms with Crippen LogP contribution in [0, 0.1) is 0 Å². The number of hydrogen-bond acceptors (Lipinski definition) is 4. The van der Waals surface area contributed by atoms with Gasteiger partial charge < -0.3 is 10.1 Å². The summed E-state index contributed by atoms with van der Waals surface area (Å²) in [7, 11) is -2.09. The predicted molar refractivity (Wildman–Crippen MR) is 109 cm³/mol. The minimum atomic E-state index is -3.72. The molecule has 28 heavy (non-hydrogen) atoms. The average molecular weight is 398 g/mol. The van der Waals surface area contributed by atoms with Crippen LogP contribution >= 0.6 is 0 Å². The topological polar surface area (TPSA) is 98.5 Å². The van der Waals surface area contributed by atoms with Gasteiger partial charge in [-0.2, -0.15) is 0 Å². The first-order valence-electron chi connectivity index (χ1n) is 8.75. The monoisotopic (exact) mass is 398 g/mol. The third-order valence-corrected chi connectivity index (χ3v) is 5.61. The maximum Gasteiger partial charge on any atom is 0.238 e. The summed E-state index contributed by atoms with van der Waals surface area (Å²) in [5.41, 5.74) is 1.71. The molecule has 0 bridgehead atoms. The lowest BCUT2D eigenvalue weighted by Gasteiger charge is -2.14. The highest BCUT2D eigenvalue weighted by Crippen LogP contribution is 2.25. The van der Waals surface area contributed by atoms with Crippen molar-refractivity contribution in [2.24, 2.45) is 5.14 Å². The molecule has 3 aromatic rings. The van der Waals surface area contributed by atoms with Gasteiger partial charge in [0.15, 0.2) is 0 Å². The Hall–Kier alpha value is -2.90. The van der Waals surface area contributed by atoms with Crippen LogP contribution in [-0.4, -0.2) is 21.4 Å². The molecule has 0 saturated carbocycles. The van der Waals surface area contributed by atoms with Crippen molar-refractivity contribution in [3.05, 3.63) is 71.8 Å². The number of nitrogens with one attached hydrogen (secondary N) is 1. The fourth-order valence-corrected chi connectivity index (χ4v) is 3.44. The molecule has 146 valence electrons.